The Morgan fingerprint density at radius 1 is 1.21 bits per heavy atom. The number of hydrogen-bond donors (Lipinski definition) is 1. The van der Waals surface area contributed by atoms with Crippen molar-refractivity contribution >= 4 is 0 Å². The summed E-state index contributed by atoms with van der Waals surface area (Å²) in [5.74, 6) is 0. The van der Waals surface area contributed by atoms with E-state index in [1.165, 1.54) is 37.1 Å². The second kappa shape index (κ2) is 7.04. The molecule has 1 aromatic carbocycles. The Kier molecular flexibility index (Phi) is 5.37. The van der Waals surface area contributed by atoms with Gasteiger partial charge in [0.1, 0.15) is 0 Å². The molecular weight excluding hydrogens is 234 g/mol. The largest absolute Gasteiger partial charge is 0.316 e. The van der Waals surface area contributed by atoms with Crippen molar-refractivity contribution in [3.63, 3.8) is 0 Å². The van der Waals surface area contributed by atoms with Crippen LogP contribution >= 0.6 is 0 Å². The number of likely N-dealkylation sites (N-methyl/N-ethyl adjacent to an activating group) is 1. The van der Waals surface area contributed by atoms with Crippen molar-refractivity contribution in [2.45, 2.75) is 32.0 Å². The molecule has 1 fully saturated rings. The van der Waals surface area contributed by atoms with E-state index in [4.69, 9.17) is 0 Å². The molecule has 1 saturated heterocycles. The quantitative estimate of drug-likeness (QED) is 0.844. The minimum atomic E-state index is 0.729. The van der Waals surface area contributed by atoms with Crippen LogP contribution in [0.1, 0.15) is 24.0 Å². The molecule has 0 amide bonds. The molecular formula is C16H27N3. The first kappa shape index (κ1) is 14.5. The van der Waals surface area contributed by atoms with Crippen molar-refractivity contribution in [3.05, 3.63) is 35.4 Å². The summed E-state index contributed by atoms with van der Waals surface area (Å²) < 4.78 is 0. The van der Waals surface area contributed by atoms with Gasteiger partial charge < -0.3 is 10.2 Å². The lowest BCUT2D eigenvalue weighted by molar-refractivity contribution is 0.201. The fraction of sp³-hybridized carbons (Fsp3) is 0.625. The van der Waals surface area contributed by atoms with Crippen LogP contribution in [0, 0.1) is 0 Å². The monoisotopic (exact) mass is 261 g/mol. The van der Waals surface area contributed by atoms with Crippen molar-refractivity contribution in [1.82, 2.24) is 15.1 Å². The van der Waals surface area contributed by atoms with Gasteiger partial charge in [0.25, 0.3) is 0 Å². The number of nitrogens with one attached hydrogen (secondary N) is 1. The normalized spacial score (nSPS) is 20.3. The predicted octanol–water partition coefficient (Wildman–Crippen LogP) is 1.93. The van der Waals surface area contributed by atoms with Crippen LogP contribution in [0.4, 0.5) is 0 Å². The van der Waals surface area contributed by atoms with Gasteiger partial charge in [0.2, 0.25) is 0 Å². The lowest BCUT2D eigenvalue weighted by Gasteiger charge is -2.27. The zero-order chi connectivity index (χ0) is 13.7. The molecule has 0 aromatic heterocycles. The summed E-state index contributed by atoms with van der Waals surface area (Å²) in [6, 6.07) is 9.76. The molecule has 1 atom stereocenters. The average Bonchev–Trinajstić information content (AvgIpc) is 2.79. The second-order valence-corrected chi connectivity index (χ2v) is 5.88. The number of nitrogens with zero attached hydrogens (tertiary/aromatic N) is 2. The summed E-state index contributed by atoms with van der Waals surface area (Å²) in [7, 11) is 6.33. The Hall–Kier alpha value is -0.900. The number of hydrogen-bond acceptors (Lipinski definition) is 3. The van der Waals surface area contributed by atoms with Gasteiger partial charge in [-0.05, 0) is 51.7 Å². The smallest absolute Gasteiger partial charge is 0.0237 e. The standard InChI is InChI=1S/C16H27N3/c1-17-11-14-6-8-15(9-7-14)12-19-10-4-5-16(19)13-18(2)3/h6-9,16-17H,4-5,10-13H2,1-3H3. The summed E-state index contributed by atoms with van der Waals surface area (Å²) in [5.41, 5.74) is 2.79. The van der Waals surface area contributed by atoms with E-state index in [1.54, 1.807) is 0 Å². The Morgan fingerprint density at radius 3 is 2.53 bits per heavy atom. The van der Waals surface area contributed by atoms with Crippen LogP contribution in [0.3, 0.4) is 0 Å². The molecule has 19 heavy (non-hydrogen) atoms. The highest BCUT2D eigenvalue weighted by Gasteiger charge is 2.24. The number of benzene rings is 1. The van der Waals surface area contributed by atoms with Gasteiger partial charge in [-0.15, -0.1) is 0 Å². The van der Waals surface area contributed by atoms with Gasteiger partial charge in [-0.3, -0.25) is 4.90 Å². The summed E-state index contributed by atoms with van der Waals surface area (Å²) in [6.07, 6.45) is 2.69. The van der Waals surface area contributed by atoms with Gasteiger partial charge in [0, 0.05) is 25.7 Å². The molecule has 1 heterocycles. The third-order valence-corrected chi connectivity index (χ3v) is 3.86. The molecule has 0 radical (unpaired) electrons. The number of likely N-dealkylation sites (tertiary alicyclic amines) is 1. The molecule has 1 N–H and O–H groups in total. The molecule has 1 aromatic rings. The van der Waals surface area contributed by atoms with Crippen molar-refractivity contribution < 1.29 is 0 Å². The van der Waals surface area contributed by atoms with Crippen molar-refractivity contribution in [2.24, 2.45) is 0 Å². The van der Waals surface area contributed by atoms with Crippen molar-refractivity contribution in [1.29, 1.82) is 0 Å². The lowest BCUT2D eigenvalue weighted by Crippen LogP contribution is -2.37. The SMILES string of the molecule is CNCc1ccc(CN2CCCC2CN(C)C)cc1. The highest BCUT2D eigenvalue weighted by Crippen LogP contribution is 2.20. The Balaban J connectivity index is 1.92. The molecule has 3 heteroatoms. The van der Waals surface area contributed by atoms with E-state index in [0.29, 0.717) is 0 Å². The fourth-order valence-corrected chi connectivity index (χ4v) is 2.93. The maximum absolute atomic E-state index is 3.19. The zero-order valence-corrected chi connectivity index (χ0v) is 12.5. The minimum absolute atomic E-state index is 0.729. The maximum atomic E-state index is 3.19. The Bertz CT molecular complexity index is 372. The molecule has 3 nitrogen and oxygen atoms in total. The highest BCUT2D eigenvalue weighted by molar-refractivity contribution is 5.22. The van der Waals surface area contributed by atoms with E-state index in [2.05, 4.69) is 53.5 Å². The van der Waals surface area contributed by atoms with E-state index in [-0.39, 0.29) is 0 Å². The molecule has 1 aliphatic rings. The summed E-state index contributed by atoms with van der Waals surface area (Å²) in [6.45, 7) is 4.47. The molecule has 106 valence electrons. The Morgan fingerprint density at radius 2 is 1.89 bits per heavy atom. The molecule has 0 saturated carbocycles. The molecule has 0 aliphatic carbocycles. The minimum Gasteiger partial charge on any atom is -0.316 e. The molecule has 1 unspecified atom stereocenters. The second-order valence-electron chi connectivity index (χ2n) is 5.88. The van der Waals surface area contributed by atoms with Crippen LogP contribution < -0.4 is 5.32 Å². The summed E-state index contributed by atoms with van der Waals surface area (Å²) >= 11 is 0. The van der Waals surface area contributed by atoms with Crippen LogP contribution in [-0.4, -0.2) is 50.1 Å². The van der Waals surface area contributed by atoms with Gasteiger partial charge in [0.15, 0.2) is 0 Å². The number of rotatable bonds is 6. The van der Waals surface area contributed by atoms with E-state index in [0.717, 1.165) is 19.1 Å². The van der Waals surface area contributed by atoms with Crippen LogP contribution in [0.25, 0.3) is 0 Å². The Labute approximate surface area is 117 Å². The van der Waals surface area contributed by atoms with E-state index in [9.17, 15) is 0 Å². The van der Waals surface area contributed by atoms with Crippen molar-refractivity contribution in [3.8, 4) is 0 Å². The molecule has 2 rings (SSSR count). The third-order valence-electron chi connectivity index (χ3n) is 3.86. The van der Waals surface area contributed by atoms with Crippen LogP contribution in [0.15, 0.2) is 24.3 Å². The maximum Gasteiger partial charge on any atom is 0.0237 e. The first-order valence-corrected chi connectivity index (χ1v) is 7.30. The van der Waals surface area contributed by atoms with E-state index >= 15 is 0 Å². The fourth-order valence-electron chi connectivity index (χ4n) is 2.93. The van der Waals surface area contributed by atoms with E-state index in [1.807, 2.05) is 7.05 Å². The zero-order valence-electron chi connectivity index (χ0n) is 12.5. The van der Waals surface area contributed by atoms with Crippen molar-refractivity contribution in [2.75, 3.05) is 34.2 Å². The highest BCUT2D eigenvalue weighted by atomic mass is 15.2. The topological polar surface area (TPSA) is 18.5 Å². The third kappa shape index (κ3) is 4.30. The van der Waals surface area contributed by atoms with Crippen LogP contribution in [0.5, 0.6) is 0 Å². The molecule has 0 spiro atoms. The van der Waals surface area contributed by atoms with Gasteiger partial charge in [-0.1, -0.05) is 24.3 Å². The average molecular weight is 261 g/mol. The van der Waals surface area contributed by atoms with Gasteiger partial charge >= 0.3 is 0 Å². The lowest BCUT2D eigenvalue weighted by atomic mass is 10.1. The van der Waals surface area contributed by atoms with E-state index < -0.39 is 0 Å². The first-order valence-electron chi connectivity index (χ1n) is 7.30. The van der Waals surface area contributed by atoms with Crippen LogP contribution in [-0.2, 0) is 13.1 Å². The van der Waals surface area contributed by atoms with Gasteiger partial charge in [-0.2, -0.15) is 0 Å². The van der Waals surface area contributed by atoms with Gasteiger partial charge in [0.05, 0.1) is 0 Å². The first-order chi connectivity index (χ1) is 9.19. The molecule has 0 bridgehead atoms. The van der Waals surface area contributed by atoms with Gasteiger partial charge in [-0.25, -0.2) is 0 Å². The molecule has 1 aliphatic heterocycles. The van der Waals surface area contributed by atoms with Crippen LogP contribution in [0.2, 0.25) is 0 Å². The predicted molar refractivity (Wildman–Crippen MR) is 81.2 cm³/mol. The summed E-state index contributed by atoms with van der Waals surface area (Å²) in [5, 5.41) is 3.19. The summed E-state index contributed by atoms with van der Waals surface area (Å²) in [4.78, 5) is 4.94.